The van der Waals surface area contributed by atoms with Crippen LogP contribution in [-0.2, 0) is 0 Å². The van der Waals surface area contributed by atoms with Gasteiger partial charge in [-0.25, -0.2) is 0 Å². The average molecular weight is 438 g/mol. The van der Waals surface area contributed by atoms with Crippen molar-refractivity contribution in [2.75, 3.05) is 9.84 Å². The minimum Gasteiger partial charge on any atom is -0.342 e. The Bertz CT molecular complexity index is 781. The van der Waals surface area contributed by atoms with E-state index < -0.39 is 0 Å². The molecule has 0 amide bonds. The average Bonchev–Trinajstić information content (AvgIpc) is 2.62. The number of benzene rings is 3. The van der Waals surface area contributed by atoms with Crippen LogP contribution < -0.4 is 20.8 Å². The normalized spacial score (nSPS) is 13.1. The van der Waals surface area contributed by atoms with Crippen LogP contribution in [0.25, 0.3) is 0 Å². The van der Waals surface area contributed by atoms with Crippen LogP contribution in [0.3, 0.4) is 0 Å². The smallest absolute Gasteiger partial charge is 0.312 e. The molecule has 1 aliphatic rings. The lowest BCUT2D eigenvalue weighted by Gasteiger charge is -2.42. The van der Waals surface area contributed by atoms with Crippen molar-refractivity contribution in [2.24, 2.45) is 0 Å². The molecule has 0 bridgehead atoms. The van der Waals surface area contributed by atoms with Gasteiger partial charge in [0.15, 0.2) is 0 Å². The SMILES string of the molecule is Brc1ccc(N2[B]c3ccccc3[B]N2c2ccc(Br)cc2)cc1. The van der Waals surface area contributed by atoms with Gasteiger partial charge in [-0.05, 0) is 48.5 Å². The Morgan fingerprint density at radius 3 is 1.29 bits per heavy atom. The summed E-state index contributed by atoms with van der Waals surface area (Å²) in [4.78, 5) is 4.33. The largest absolute Gasteiger partial charge is 0.342 e. The number of anilines is 2. The molecule has 0 saturated carbocycles. The zero-order chi connectivity index (χ0) is 16.5. The molecule has 4 rings (SSSR count). The molecule has 2 radical (unpaired) electrons. The summed E-state index contributed by atoms with van der Waals surface area (Å²) in [6.07, 6.45) is 0. The third-order valence-electron chi connectivity index (χ3n) is 3.93. The van der Waals surface area contributed by atoms with E-state index in [1.54, 1.807) is 0 Å². The molecule has 0 N–H and O–H groups in total. The molecular weight excluding hydrogens is 426 g/mol. The summed E-state index contributed by atoms with van der Waals surface area (Å²) in [7, 11) is 4.33. The van der Waals surface area contributed by atoms with Crippen molar-refractivity contribution in [3.05, 3.63) is 81.7 Å². The second kappa shape index (κ2) is 6.69. The molecule has 0 spiro atoms. The van der Waals surface area contributed by atoms with Crippen molar-refractivity contribution in [3.63, 3.8) is 0 Å². The Balaban J connectivity index is 1.78. The fourth-order valence-corrected chi connectivity index (χ4v) is 3.25. The molecule has 0 saturated heterocycles. The molecule has 0 fully saturated rings. The van der Waals surface area contributed by atoms with Crippen LogP contribution in [0, 0.1) is 0 Å². The molecule has 3 aromatic carbocycles. The van der Waals surface area contributed by atoms with Gasteiger partial charge in [-0.15, -0.1) is 0 Å². The predicted octanol–water partition coefficient (Wildman–Crippen LogP) is 3.64. The monoisotopic (exact) mass is 436 g/mol. The maximum atomic E-state index is 3.51. The lowest BCUT2D eigenvalue weighted by atomic mass is 9.63. The first kappa shape index (κ1) is 15.9. The van der Waals surface area contributed by atoms with Crippen molar-refractivity contribution in [2.45, 2.75) is 0 Å². The number of halogens is 2. The molecule has 3 aromatic rings. The Kier molecular flexibility index (Phi) is 4.42. The fourth-order valence-electron chi connectivity index (χ4n) is 2.72. The van der Waals surface area contributed by atoms with Gasteiger partial charge < -0.3 is 9.84 Å². The fraction of sp³-hybridized carbons (Fsp3) is 0. The first-order valence-electron chi connectivity index (χ1n) is 7.59. The molecule has 2 nitrogen and oxygen atoms in total. The van der Waals surface area contributed by atoms with Gasteiger partial charge >= 0.3 is 14.8 Å². The van der Waals surface area contributed by atoms with Gasteiger partial charge in [-0.3, -0.25) is 0 Å². The van der Waals surface area contributed by atoms with E-state index in [9.17, 15) is 0 Å². The quantitative estimate of drug-likeness (QED) is 0.565. The number of fused-ring (bicyclic) bond motifs is 1. The minimum absolute atomic E-state index is 1.07. The van der Waals surface area contributed by atoms with Gasteiger partial charge in [-0.1, -0.05) is 67.1 Å². The zero-order valence-electron chi connectivity index (χ0n) is 12.7. The summed E-state index contributed by atoms with van der Waals surface area (Å²) in [5.41, 5.74) is 4.61. The minimum atomic E-state index is 1.07. The van der Waals surface area contributed by atoms with Gasteiger partial charge in [0.1, 0.15) is 0 Å². The number of hydrogen-bond acceptors (Lipinski definition) is 2. The van der Waals surface area contributed by atoms with Crippen molar-refractivity contribution in [3.8, 4) is 0 Å². The lowest BCUT2D eigenvalue weighted by molar-refractivity contribution is 1.12. The highest BCUT2D eigenvalue weighted by molar-refractivity contribution is 9.10. The van der Waals surface area contributed by atoms with Crippen LogP contribution in [0.5, 0.6) is 0 Å². The molecule has 1 aliphatic heterocycles. The molecule has 0 aromatic heterocycles. The number of hydrogen-bond donors (Lipinski definition) is 0. The highest BCUT2D eigenvalue weighted by Gasteiger charge is 2.27. The number of hydrazine groups is 1. The molecule has 0 unspecified atom stereocenters. The second-order valence-electron chi connectivity index (χ2n) is 5.53. The van der Waals surface area contributed by atoms with Crippen molar-refractivity contribution in [1.82, 2.24) is 0 Å². The standard InChI is InChI=1S/C18H12B2Br2N2/c21-13-5-9-15(10-6-13)23-19-17-3-1-2-4-18(17)20-24(23)16-11-7-14(22)8-12-16/h1-12H. The number of nitrogens with zero attached hydrogens (tertiary/aromatic N) is 2. The van der Waals surface area contributed by atoms with E-state index in [1.165, 1.54) is 10.9 Å². The first-order valence-corrected chi connectivity index (χ1v) is 9.18. The summed E-state index contributed by atoms with van der Waals surface area (Å²) in [5.74, 6) is 0. The highest BCUT2D eigenvalue weighted by atomic mass is 79.9. The maximum Gasteiger partial charge on any atom is 0.312 e. The van der Waals surface area contributed by atoms with E-state index in [-0.39, 0.29) is 0 Å². The highest BCUT2D eigenvalue weighted by Crippen LogP contribution is 2.25. The Morgan fingerprint density at radius 1 is 0.542 bits per heavy atom. The van der Waals surface area contributed by atoms with Crippen LogP contribution in [-0.4, -0.2) is 14.8 Å². The summed E-state index contributed by atoms with van der Waals surface area (Å²) in [5, 5.41) is 0. The van der Waals surface area contributed by atoms with Gasteiger partial charge in [0.2, 0.25) is 0 Å². The van der Waals surface area contributed by atoms with E-state index in [0.717, 1.165) is 20.3 Å². The van der Waals surface area contributed by atoms with Crippen molar-refractivity contribution in [1.29, 1.82) is 0 Å². The van der Waals surface area contributed by atoms with Crippen LogP contribution in [0.1, 0.15) is 0 Å². The van der Waals surface area contributed by atoms with Crippen molar-refractivity contribution >= 4 is 69.0 Å². The molecular formula is C18H12B2Br2N2. The Hall–Kier alpha value is -1.65. The summed E-state index contributed by atoms with van der Waals surface area (Å²) in [6, 6.07) is 25.1. The van der Waals surface area contributed by atoms with Gasteiger partial charge in [-0.2, -0.15) is 0 Å². The molecule has 0 aliphatic carbocycles. The van der Waals surface area contributed by atoms with E-state index in [1.807, 2.05) is 0 Å². The third-order valence-corrected chi connectivity index (χ3v) is 4.99. The van der Waals surface area contributed by atoms with Crippen molar-refractivity contribution < 1.29 is 0 Å². The predicted molar refractivity (Wildman–Crippen MR) is 110 cm³/mol. The lowest BCUT2D eigenvalue weighted by Crippen LogP contribution is -2.63. The molecule has 24 heavy (non-hydrogen) atoms. The maximum absolute atomic E-state index is 3.51. The van der Waals surface area contributed by atoms with Crippen LogP contribution in [0.2, 0.25) is 0 Å². The van der Waals surface area contributed by atoms with E-state index in [0.29, 0.717) is 0 Å². The van der Waals surface area contributed by atoms with Crippen LogP contribution >= 0.6 is 31.9 Å². The molecule has 114 valence electrons. The summed E-state index contributed by atoms with van der Waals surface area (Å²) < 4.78 is 2.14. The topological polar surface area (TPSA) is 6.48 Å². The van der Waals surface area contributed by atoms with Crippen LogP contribution in [0.15, 0.2) is 81.7 Å². The third kappa shape index (κ3) is 3.13. The van der Waals surface area contributed by atoms with E-state index >= 15 is 0 Å². The Labute approximate surface area is 160 Å². The van der Waals surface area contributed by atoms with Gasteiger partial charge in [0.25, 0.3) is 0 Å². The number of rotatable bonds is 2. The summed E-state index contributed by atoms with van der Waals surface area (Å²) >= 11 is 7.02. The van der Waals surface area contributed by atoms with E-state index in [4.69, 9.17) is 0 Å². The summed E-state index contributed by atoms with van der Waals surface area (Å²) in [6.45, 7) is 0. The molecule has 0 atom stereocenters. The first-order chi connectivity index (χ1) is 11.7. The zero-order valence-corrected chi connectivity index (χ0v) is 15.9. The van der Waals surface area contributed by atoms with Gasteiger partial charge in [0.05, 0.1) is 0 Å². The van der Waals surface area contributed by atoms with Gasteiger partial charge in [0, 0.05) is 20.3 Å². The van der Waals surface area contributed by atoms with Crippen LogP contribution in [0.4, 0.5) is 11.4 Å². The Morgan fingerprint density at radius 2 is 0.917 bits per heavy atom. The molecule has 6 heteroatoms. The second-order valence-corrected chi connectivity index (χ2v) is 7.36. The van der Waals surface area contributed by atoms with E-state index in [2.05, 4.69) is 129 Å². The molecule has 1 heterocycles.